The molecular formula is C22H19NO3S. The maximum absolute atomic E-state index is 12.6. The summed E-state index contributed by atoms with van der Waals surface area (Å²) in [5.41, 5.74) is 3.61. The monoisotopic (exact) mass is 377 g/mol. The van der Waals surface area contributed by atoms with Gasteiger partial charge in [-0.15, -0.1) is 11.3 Å². The van der Waals surface area contributed by atoms with Gasteiger partial charge in [0.2, 0.25) is 0 Å². The second-order valence-electron chi connectivity index (χ2n) is 6.74. The van der Waals surface area contributed by atoms with Crippen molar-refractivity contribution >= 4 is 38.3 Å². The molecule has 0 spiro atoms. The summed E-state index contributed by atoms with van der Waals surface area (Å²) in [6, 6.07) is 15.6. The van der Waals surface area contributed by atoms with Crippen LogP contribution in [0.3, 0.4) is 0 Å². The van der Waals surface area contributed by atoms with Crippen LogP contribution < -0.4 is 10.9 Å². The summed E-state index contributed by atoms with van der Waals surface area (Å²) >= 11 is 1.33. The van der Waals surface area contributed by atoms with Gasteiger partial charge in [-0.25, -0.2) is 4.79 Å². The van der Waals surface area contributed by atoms with Crippen LogP contribution in [0.5, 0.6) is 0 Å². The van der Waals surface area contributed by atoms with E-state index < -0.39 is 5.63 Å². The number of carbonyl (C=O) groups excluding carboxylic acids is 1. The molecule has 0 bridgehead atoms. The largest absolute Gasteiger partial charge is 0.422 e. The molecule has 0 saturated heterocycles. The molecule has 2 aromatic carbocycles. The summed E-state index contributed by atoms with van der Waals surface area (Å²) in [6.45, 7) is 4.59. The van der Waals surface area contributed by atoms with Gasteiger partial charge in [-0.3, -0.25) is 4.79 Å². The average molecular weight is 377 g/mol. The number of hydrogen-bond donors (Lipinski definition) is 1. The Balaban J connectivity index is 1.59. The van der Waals surface area contributed by atoms with Gasteiger partial charge in [-0.05, 0) is 44.0 Å². The van der Waals surface area contributed by atoms with Gasteiger partial charge in [-0.2, -0.15) is 0 Å². The number of aryl methyl sites for hydroxylation is 2. The van der Waals surface area contributed by atoms with Gasteiger partial charge in [0.05, 0.1) is 15.0 Å². The summed E-state index contributed by atoms with van der Waals surface area (Å²) in [5, 5.41) is 4.27. The summed E-state index contributed by atoms with van der Waals surface area (Å²) in [4.78, 5) is 25.3. The molecule has 4 aromatic rings. The standard InChI is InChI=1S/C22H19NO3S/c1-13-4-3-5-15(10-13)8-9-23-21(24)19-12-17-20(27-19)16-11-14(2)6-7-18(16)26-22(17)25/h3-7,10-12H,8-9H2,1-2H3,(H,23,24). The van der Waals surface area contributed by atoms with E-state index in [1.165, 1.54) is 22.5 Å². The van der Waals surface area contributed by atoms with Crippen molar-refractivity contribution in [2.75, 3.05) is 6.54 Å². The topological polar surface area (TPSA) is 59.3 Å². The maximum atomic E-state index is 12.6. The van der Waals surface area contributed by atoms with E-state index in [0.29, 0.717) is 22.4 Å². The van der Waals surface area contributed by atoms with Crippen LogP contribution in [0.15, 0.2) is 57.7 Å². The first-order valence-electron chi connectivity index (χ1n) is 8.82. The van der Waals surface area contributed by atoms with E-state index in [1.807, 2.05) is 25.1 Å². The third-order valence-corrected chi connectivity index (χ3v) is 5.71. The molecule has 2 aromatic heterocycles. The van der Waals surface area contributed by atoms with E-state index in [9.17, 15) is 9.59 Å². The van der Waals surface area contributed by atoms with Gasteiger partial charge < -0.3 is 9.73 Å². The van der Waals surface area contributed by atoms with Crippen LogP contribution in [0.4, 0.5) is 0 Å². The van der Waals surface area contributed by atoms with Crippen LogP contribution in [-0.2, 0) is 6.42 Å². The molecular weight excluding hydrogens is 358 g/mol. The lowest BCUT2D eigenvalue weighted by Crippen LogP contribution is -2.24. The molecule has 5 heteroatoms. The predicted molar refractivity (Wildman–Crippen MR) is 110 cm³/mol. The van der Waals surface area contributed by atoms with Crippen molar-refractivity contribution < 1.29 is 9.21 Å². The first-order chi connectivity index (χ1) is 13.0. The van der Waals surface area contributed by atoms with Crippen molar-refractivity contribution in [3.8, 4) is 0 Å². The van der Waals surface area contributed by atoms with Gasteiger partial charge in [0.25, 0.3) is 5.91 Å². The fourth-order valence-corrected chi connectivity index (χ4v) is 4.28. The van der Waals surface area contributed by atoms with Crippen molar-refractivity contribution in [2.45, 2.75) is 20.3 Å². The summed E-state index contributed by atoms with van der Waals surface area (Å²) in [5.74, 6) is -0.163. The molecule has 0 aliphatic rings. The number of nitrogens with one attached hydrogen (secondary N) is 1. The van der Waals surface area contributed by atoms with E-state index in [1.54, 1.807) is 12.1 Å². The zero-order valence-corrected chi connectivity index (χ0v) is 16.0. The number of carbonyl (C=O) groups is 1. The fraction of sp³-hybridized carbons (Fsp3) is 0.182. The smallest absolute Gasteiger partial charge is 0.345 e. The van der Waals surface area contributed by atoms with Crippen LogP contribution in [0.25, 0.3) is 21.1 Å². The zero-order valence-electron chi connectivity index (χ0n) is 15.2. The van der Waals surface area contributed by atoms with Gasteiger partial charge >= 0.3 is 5.63 Å². The van der Waals surface area contributed by atoms with Crippen LogP contribution in [0.1, 0.15) is 26.4 Å². The fourth-order valence-electron chi connectivity index (χ4n) is 3.19. The molecule has 136 valence electrons. The van der Waals surface area contributed by atoms with Crippen molar-refractivity contribution in [1.82, 2.24) is 5.32 Å². The van der Waals surface area contributed by atoms with Crippen LogP contribution in [0, 0.1) is 13.8 Å². The average Bonchev–Trinajstić information content (AvgIpc) is 3.09. The Labute approximate surface area is 160 Å². The van der Waals surface area contributed by atoms with Gasteiger partial charge in [0, 0.05) is 11.9 Å². The molecule has 0 radical (unpaired) electrons. The first kappa shape index (κ1) is 17.5. The minimum Gasteiger partial charge on any atom is -0.422 e. The highest BCUT2D eigenvalue weighted by molar-refractivity contribution is 7.21. The Morgan fingerprint density at radius 2 is 1.85 bits per heavy atom. The summed E-state index contributed by atoms with van der Waals surface area (Å²) in [7, 11) is 0. The molecule has 2 heterocycles. The zero-order chi connectivity index (χ0) is 19.0. The lowest BCUT2D eigenvalue weighted by Gasteiger charge is -2.04. The molecule has 0 saturated carbocycles. The van der Waals surface area contributed by atoms with E-state index in [-0.39, 0.29) is 5.91 Å². The van der Waals surface area contributed by atoms with Crippen molar-refractivity contribution in [2.24, 2.45) is 0 Å². The number of benzene rings is 2. The molecule has 1 N–H and O–H groups in total. The highest BCUT2D eigenvalue weighted by Crippen LogP contribution is 2.31. The number of fused-ring (bicyclic) bond motifs is 3. The number of amides is 1. The molecule has 0 atom stereocenters. The molecule has 0 aliphatic carbocycles. The van der Waals surface area contributed by atoms with Crippen LogP contribution in [-0.4, -0.2) is 12.5 Å². The molecule has 27 heavy (non-hydrogen) atoms. The maximum Gasteiger partial charge on any atom is 0.345 e. The minimum absolute atomic E-state index is 0.163. The van der Waals surface area contributed by atoms with E-state index in [4.69, 9.17) is 4.42 Å². The lowest BCUT2D eigenvalue weighted by atomic mass is 10.1. The highest BCUT2D eigenvalue weighted by atomic mass is 32.1. The van der Waals surface area contributed by atoms with Gasteiger partial charge in [0.15, 0.2) is 0 Å². The van der Waals surface area contributed by atoms with Crippen molar-refractivity contribution in [3.63, 3.8) is 0 Å². The van der Waals surface area contributed by atoms with Gasteiger partial charge in [-0.1, -0.05) is 41.5 Å². The summed E-state index contributed by atoms with van der Waals surface area (Å²) < 4.78 is 6.19. The Morgan fingerprint density at radius 1 is 1.04 bits per heavy atom. The van der Waals surface area contributed by atoms with Crippen molar-refractivity contribution in [3.05, 3.63) is 80.5 Å². The van der Waals surface area contributed by atoms with Crippen LogP contribution >= 0.6 is 11.3 Å². The molecule has 4 rings (SSSR count). The Morgan fingerprint density at radius 3 is 2.67 bits per heavy atom. The molecule has 0 fully saturated rings. The van der Waals surface area contributed by atoms with Crippen molar-refractivity contribution in [1.29, 1.82) is 0 Å². The SMILES string of the molecule is Cc1cccc(CCNC(=O)c2cc3c(=O)oc4ccc(C)cc4c3s2)c1. The Bertz CT molecular complexity index is 1220. The minimum atomic E-state index is -0.406. The van der Waals surface area contributed by atoms with Gasteiger partial charge in [0.1, 0.15) is 5.58 Å². The quantitative estimate of drug-likeness (QED) is 0.529. The predicted octanol–water partition coefficient (Wildman–Crippen LogP) is 4.60. The Hall–Kier alpha value is -2.92. The highest BCUT2D eigenvalue weighted by Gasteiger charge is 2.16. The number of thiophene rings is 1. The number of hydrogen-bond acceptors (Lipinski definition) is 4. The van der Waals surface area contributed by atoms with E-state index in [2.05, 4.69) is 30.4 Å². The van der Waals surface area contributed by atoms with E-state index >= 15 is 0 Å². The molecule has 4 nitrogen and oxygen atoms in total. The van der Waals surface area contributed by atoms with Crippen LogP contribution in [0.2, 0.25) is 0 Å². The lowest BCUT2D eigenvalue weighted by molar-refractivity contribution is 0.0958. The second kappa shape index (κ2) is 7.00. The summed E-state index contributed by atoms with van der Waals surface area (Å²) in [6.07, 6.45) is 0.766. The third-order valence-electron chi connectivity index (χ3n) is 4.54. The third kappa shape index (κ3) is 3.51. The molecule has 1 amide bonds. The second-order valence-corrected chi connectivity index (χ2v) is 7.79. The Kier molecular flexibility index (Phi) is 4.54. The number of rotatable bonds is 4. The molecule has 0 unspecified atom stereocenters. The van der Waals surface area contributed by atoms with E-state index in [0.717, 1.165) is 22.1 Å². The first-order valence-corrected chi connectivity index (χ1v) is 9.64. The molecule has 0 aliphatic heterocycles. The normalized spacial score (nSPS) is 11.2.